The van der Waals surface area contributed by atoms with Gasteiger partial charge in [0.1, 0.15) is 17.7 Å². The molecule has 2 fully saturated rings. The van der Waals surface area contributed by atoms with Crippen molar-refractivity contribution in [1.82, 2.24) is 20.0 Å². The molecule has 3 rings (SSSR count). The van der Waals surface area contributed by atoms with Crippen molar-refractivity contribution in [2.45, 2.75) is 45.3 Å². The number of imide groups is 1. The molecule has 0 bridgehead atoms. The van der Waals surface area contributed by atoms with Crippen molar-refractivity contribution in [3.63, 3.8) is 0 Å². The molecule has 2 aliphatic heterocycles. The number of benzene rings is 1. The molecule has 1 unspecified atom stereocenters. The fourth-order valence-electron chi connectivity index (χ4n) is 3.83. The first-order valence-corrected chi connectivity index (χ1v) is 10.5. The van der Waals surface area contributed by atoms with Crippen molar-refractivity contribution in [2.24, 2.45) is 0 Å². The predicted molar refractivity (Wildman–Crippen MR) is 113 cm³/mol. The maximum Gasteiger partial charge on any atom is 0.410 e. The second kappa shape index (κ2) is 8.56. The Labute approximate surface area is 182 Å². The van der Waals surface area contributed by atoms with Gasteiger partial charge in [-0.2, -0.15) is 0 Å². The molecule has 2 heterocycles. The number of carbonyl (C=O) groups is 4. The molecule has 1 aromatic carbocycles. The minimum Gasteiger partial charge on any atom is -0.444 e. The summed E-state index contributed by atoms with van der Waals surface area (Å²) in [5.41, 5.74) is -1.05. The molecule has 168 valence electrons. The number of amides is 5. The van der Waals surface area contributed by atoms with E-state index in [4.69, 9.17) is 4.74 Å². The lowest BCUT2D eigenvalue weighted by Gasteiger charge is -2.36. The maximum absolute atomic E-state index is 13.2. The van der Waals surface area contributed by atoms with Crippen LogP contribution in [0.1, 0.15) is 39.7 Å². The van der Waals surface area contributed by atoms with Crippen molar-refractivity contribution in [3.8, 4) is 0 Å². The summed E-state index contributed by atoms with van der Waals surface area (Å²) in [5, 5.41) is 2.78. The third kappa shape index (κ3) is 4.65. The van der Waals surface area contributed by atoms with E-state index in [0.29, 0.717) is 38.2 Å². The number of ether oxygens (including phenoxy) is 1. The Morgan fingerprint density at radius 3 is 2.16 bits per heavy atom. The second-order valence-electron chi connectivity index (χ2n) is 8.79. The van der Waals surface area contributed by atoms with E-state index < -0.39 is 29.2 Å². The lowest BCUT2D eigenvalue weighted by molar-refractivity contribution is -0.140. The fourth-order valence-corrected chi connectivity index (χ4v) is 3.83. The molecule has 9 nitrogen and oxygen atoms in total. The average Bonchev–Trinajstić information content (AvgIpc) is 2.98. The Hall–Kier alpha value is -3.10. The van der Waals surface area contributed by atoms with Crippen molar-refractivity contribution in [2.75, 3.05) is 32.7 Å². The molecule has 0 spiro atoms. The molecular weight excluding hydrogens is 400 g/mol. The van der Waals surface area contributed by atoms with E-state index in [0.717, 1.165) is 4.90 Å². The van der Waals surface area contributed by atoms with E-state index >= 15 is 0 Å². The SMILES string of the molecule is CCC1(c2ccccc2)NC(=O)N(CC(=O)N2CCN(C(=O)OC(C)(C)C)CC2)C1=O. The third-order valence-corrected chi connectivity index (χ3v) is 5.55. The van der Waals surface area contributed by atoms with Crippen LogP contribution < -0.4 is 5.32 Å². The number of piperazine rings is 1. The highest BCUT2D eigenvalue weighted by atomic mass is 16.6. The average molecular weight is 431 g/mol. The molecule has 1 aromatic rings. The summed E-state index contributed by atoms with van der Waals surface area (Å²) in [5.74, 6) is -0.751. The van der Waals surface area contributed by atoms with Gasteiger partial charge in [0, 0.05) is 26.2 Å². The highest BCUT2D eigenvalue weighted by Gasteiger charge is 2.51. The number of hydrogen-bond acceptors (Lipinski definition) is 5. The molecular formula is C22H30N4O5. The van der Waals surface area contributed by atoms with Crippen LogP contribution in [0.5, 0.6) is 0 Å². The van der Waals surface area contributed by atoms with Crippen LogP contribution in [0.25, 0.3) is 0 Å². The molecule has 1 N–H and O–H groups in total. The Kier molecular flexibility index (Phi) is 6.24. The molecule has 31 heavy (non-hydrogen) atoms. The summed E-state index contributed by atoms with van der Waals surface area (Å²) < 4.78 is 5.36. The zero-order valence-electron chi connectivity index (χ0n) is 18.5. The number of urea groups is 1. The minimum atomic E-state index is -1.16. The van der Waals surface area contributed by atoms with Gasteiger partial charge in [-0.05, 0) is 32.8 Å². The van der Waals surface area contributed by atoms with E-state index in [1.807, 2.05) is 25.1 Å². The highest BCUT2D eigenvalue weighted by molar-refractivity contribution is 6.09. The largest absolute Gasteiger partial charge is 0.444 e. The number of carbonyl (C=O) groups excluding carboxylic acids is 4. The van der Waals surface area contributed by atoms with Gasteiger partial charge in [0.25, 0.3) is 5.91 Å². The summed E-state index contributed by atoms with van der Waals surface area (Å²) in [7, 11) is 0. The molecule has 2 aliphatic rings. The topological polar surface area (TPSA) is 99.3 Å². The van der Waals surface area contributed by atoms with E-state index in [-0.39, 0.29) is 12.5 Å². The van der Waals surface area contributed by atoms with E-state index in [2.05, 4.69) is 5.32 Å². The monoisotopic (exact) mass is 430 g/mol. The molecule has 0 aromatic heterocycles. The van der Waals surface area contributed by atoms with Crippen LogP contribution in [0.3, 0.4) is 0 Å². The zero-order chi connectivity index (χ0) is 22.8. The summed E-state index contributed by atoms with van der Waals surface area (Å²) in [6, 6.07) is 8.48. The summed E-state index contributed by atoms with van der Waals surface area (Å²) >= 11 is 0. The van der Waals surface area contributed by atoms with Crippen molar-refractivity contribution in [3.05, 3.63) is 35.9 Å². The van der Waals surface area contributed by atoms with E-state index in [1.165, 1.54) is 0 Å². The normalized spacial score (nSPS) is 21.9. The summed E-state index contributed by atoms with van der Waals surface area (Å²) in [6.07, 6.45) is -0.0369. The van der Waals surface area contributed by atoms with Crippen LogP contribution >= 0.6 is 0 Å². The van der Waals surface area contributed by atoms with Crippen LogP contribution in [-0.4, -0.2) is 77.0 Å². The number of hydrogen-bond donors (Lipinski definition) is 1. The minimum absolute atomic E-state index is 0.319. The van der Waals surface area contributed by atoms with Crippen LogP contribution in [0, 0.1) is 0 Å². The number of rotatable bonds is 4. The Morgan fingerprint density at radius 2 is 1.61 bits per heavy atom. The molecule has 5 amide bonds. The lowest BCUT2D eigenvalue weighted by Crippen LogP contribution is -2.54. The van der Waals surface area contributed by atoms with Gasteiger partial charge in [0.05, 0.1) is 0 Å². The summed E-state index contributed by atoms with van der Waals surface area (Å²) in [6.45, 7) is 8.21. The van der Waals surface area contributed by atoms with Crippen LogP contribution in [0.2, 0.25) is 0 Å². The predicted octanol–water partition coefficient (Wildman–Crippen LogP) is 1.92. The van der Waals surface area contributed by atoms with Gasteiger partial charge in [-0.25, -0.2) is 9.59 Å². The van der Waals surface area contributed by atoms with Gasteiger partial charge < -0.3 is 19.9 Å². The molecule has 0 radical (unpaired) electrons. The van der Waals surface area contributed by atoms with Gasteiger partial charge in [0.15, 0.2) is 0 Å². The first-order valence-electron chi connectivity index (χ1n) is 10.5. The second-order valence-corrected chi connectivity index (χ2v) is 8.79. The van der Waals surface area contributed by atoms with Gasteiger partial charge in [-0.1, -0.05) is 37.3 Å². The zero-order valence-corrected chi connectivity index (χ0v) is 18.5. The van der Waals surface area contributed by atoms with Gasteiger partial charge >= 0.3 is 12.1 Å². The van der Waals surface area contributed by atoms with Crippen LogP contribution in [-0.2, 0) is 19.9 Å². The molecule has 2 saturated heterocycles. The Morgan fingerprint density at radius 1 is 1.03 bits per heavy atom. The fraction of sp³-hybridized carbons (Fsp3) is 0.545. The van der Waals surface area contributed by atoms with Gasteiger partial charge in [0.2, 0.25) is 5.91 Å². The van der Waals surface area contributed by atoms with Crippen molar-refractivity contribution >= 4 is 23.9 Å². The van der Waals surface area contributed by atoms with Crippen molar-refractivity contribution < 1.29 is 23.9 Å². The Balaban J connectivity index is 1.62. The first-order chi connectivity index (χ1) is 14.6. The molecule has 0 saturated carbocycles. The summed E-state index contributed by atoms with van der Waals surface area (Å²) in [4.78, 5) is 54.8. The maximum atomic E-state index is 13.2. The Bertz CT molecular complexity index is 858. The smallest absolute Gasteiger partial charge is 0.410 e. The lowest BCUT2D eigenvalue weighted by atomic mass is 9.87. The molecule has 9 heteroatoms. The van der Waals surface area contributed by atoms with E-state index in [9.17, 15) is 19.2 Å². The quantitative estimate of drug-likeness (QED) is 0.736. The third-order valence-electron chi connectivity index (χ3n) is 5.55. The molecule has 0 aliphatic carbocycles. The van der Waals surface area contributed by atoms with Crippen molar-refractivity contribution in [1.29, 1.82) is 0 Å². The highest BCUT2D eigenvalue weighted by Crippen LogP contribution is 2.32. The first kappa shape index (κ1) is 22.6. The standard InChI is InChI=1S/C22H30N4O5/c1-5-22(16-9-7-6-8-10-16)18(28)26(19(29)23-22)15-17(27)24-11-13-25(14-12-24)20(30)31-21(2,3)4/h6-10H,5,11-15H2,1-4H3,(H,23,29). The van der Waals surface area contributed by atoms with Gasteiger partial charge in [-0.3, -0.25) is 14.5 Å². The number of nitrogens with one attached hydrogen (secondary N) is 1. The molecule has 1 atom stereocenters. The van der Waals surface area contributed by atoms with E-state index in [1.54, 1.807) is 42.7 Å². The number of nitrogens with zero attached hydrogens (tertiary/aromatic N) is 3. The van der Waals surface area contributed by atoms with Gasteiger partial charge in [-0.15, -0.1) is 0 Å². The van der Waals surface area contributed by atoms with Crippen LogP contribution in [0.15, 0.2) is 30.3 Å². The van der Waals surface area contributed by atoms with Crippen LogP contribution in [0.4, 0.5) is 9.59 Å².